The van der Waals surface area contributed by atoms with Crippen LogP contribution in [0.5, 0.6) is 11.5 Å². The lowest BCUT2D eigenvalue weighted by Crippen LogP contribution is -2.49. The molecule has 3 amide bonds. The van der Waals surface area contributed by atoms with E-state index in [1.54, 1.807) is 13.0 Å². The predicted octanol–water partition coefficient (Wildman–Crippen LogP) is 2.69. The summed E-state index contributed by atoms with van der Waals surface area (Å²) in [5, 5.41) is 12.5. The summed E-state index contributed by atoms with van der Waals surface area (Å²) >= 11 is 1.05. The van der Waals surface area contributed by atoms with E-state index < -0.39 is 28.8 Å². The maximum absolute atomic E-state index is 12.2. The van der Waals surface area contributed by atoms with Crippen molar-refractivity contribution in [3.8, 4) is 11.5 Å². The van der Waals surface area contributed by atoms with Gasteiger partial charge in [-0.15, -0.1) is 10.2 Å². The molecule has 2 atom stereocenters. The molecular formula is C18H22N4O5S. The Bertz CT molecular complexity index is 864. The van der Waals surface area contributed by atoms with Crippen LogP contribution in [0, 0.1) is 0 Å². The third kappa shape index (κ3) is 5.16. The number of amides is 3. The fraction of sp³-hybridized carbons (Fsp3) is 0.444. The maximum atomic E-state index is 12.2. The van der Waals surface area contributed by atoms with Crippen LogP contribution in [0.3, 0.4) is 0 Å². The summed E-state index contributed by atoms with van der Waals surface area (Å²) in [7, 11) is 0. The quantitative estimate of drug-likeness (QED) is 0.745. The van der Waals surface area contributed by atoms with Gasteiger partial charge < -0.3 is 19.2 Å². The zero-order chi connectivity index (χ0) is 20.3. The molecule has 10 heteroatoms. The average Bonchev–Trinajstić information content (AvgIpc) is 3.08. The number of fused-ring (bicyclic) bond motifs is 1. The van der Waals surface area contributed by atoms with Gasteiger partial charge in [-0.2, -0.15) is 0 Å². The van der Waals surface area contributed by atoms with E-state index in [9.17, 15) is 9.59 Å². The highest BCUT2D eigenvalue weighted by Crippen LogP contribution is 2.36. The molecule has 150 valence electrons. The van der Waals surface area contributed by atoms with E-state index in [1.807, 2.05) is 39.0 Å². The van der Waals surface area contributed by atoms with Gasteiger partial charge in [0.2, 0.25) is 12.0 Å². The summed E-state index contributed by atoms with van der Waals surface area (Å²) in [6, 6.07) is 6.76. The maximum Gasteiger partial charge on any atom is 0.321 e. The largest absolute Gasteiger partial charge is 0.485 e. The number of rotatable bonds is 4. The summed E-state index contributed by atoms with van der Waals surface area (Å²) in [5.74, 6) is 1.06. The topological polar surface area (TPSA) is 116 Å². The Morgan fingerprint density at radius 2 is 1.93 bits per heavy atom. The lowest BCUT2D eigenvalue weighted by Gasteiger charge is -2.23. The zero-order valence-corrected chi connectivity index (χ0v) is 16.8. The van der Waals surface area contributed by atoms with Gasteiger partial charge in [-0.3, -0.25) is 10.1 Å². The van der Waals surface area contributed by atoms with Crippen LogP contribution in [0.25, 0.3) is 0 Å². The minimum atomic E-state index is -0.608. The van der Waals surface area contributed by atoms with Crippen molar-refractivity contribution < 1.29 is 23.5 Å². The van der Waals surface area contributed by atoms with E-state index in [-0.39, 0.29) is 17.7 Å². The van der Waals surface area contributed by atoms with Crippen molar-refractivity contribution in [1.29, 1.82) is 0 Å². The highest BCUT2D eigenvalue weighted by molar-refractivity contribution is 8.00. The molecule has 9 nitrogen and oxygen atoms in total. The average molecular weight is 406 g/mol. The Morgan fingerprint density at radius 3 is 2.64 bits per heavy atom. The standard InChI is InChI=1S/C18H22N4O5S/c1-10(14(23)19-16(24)20-18(2,3)4)28-17-22-21-15(27-17)13-9-25-11-7-5-6-8-12(11)26-13/h5-8,10,13H,9H2,1-4H3,(H2,19,20,23,24)/t10-,13+/m1/s1. The number of carbonyl (C=O) groups excluding carboxylic acids is 2. The molecule has 0 saturated heterocycles. The molecular weight excluding hydrogens is 384 g/mol. The summed E-state index contributed by atoms with van der Waals surface area (Å²) in [4.78, 5) is 24.0. The van der Waals surface area contributed by atoms with Gasteiger partial charge >= 0.3 is 6.03 Å². The number of urea groups is 1. The predicted molar refractivity (Wildman–Crippen MR) is 101 cm³/mol. The number of benzene rings is 1. The first-order valence-electron chi connectivity index (χ1n) is 8.73. The van der Waals surface area contributed by atoms with E-state index in [2.05, 4.69) is 20.8 Å². The Balaban J connectivity index is 1.56. The molecule has 0 aliphatic carbocycles. The molecule has 28 heavy (non-hydrogen) atoms. The van der Waals surface area contributed by atoms with Crippen LogP contribution in [-0.2, 0) is 4.79 Å². The molecule has 1 aliphatic heterocycles. The number of nitrogens with one attached hydrogen (secondary N) is 2. The van der Waals surface area contributed by atoms with Crippen molar-refractivity contribution in [2.45, 2.75) is 49.8 Å². The van der Waals surface area contributed by atoms with Crippen molar-refractivity contribution in [3.05, 3.63) is 30.2 Å². The summed E-state index contributed by atoms with van der Waals surface area (Å²) in [6.07, 6.45) is -0.529. The fourth-order valence-electron chi connectivity index (χ4n) is 2.33. The Kier molecular flexibility index (Phi) is 5.78. The SMILES string of the molecule is C[C@@H](Sc1nnc([C@@H]2COc3ccccc3O2)o1)C(=O)NC(=O)NC(C)(C)C. The first kappa shape index (κ1) is 20.0. The number of ether oxygens (including phenoxy) is 2. The third-order valence-electron chi connectivity index (χ3n) is 3.58. The molecule has 0 fully saturated rings. The minimum absolute atomic E-state index is 0.205. The van der Waals surface area contributed by atoms with Crippen molar-refractivity contribution in [1.82, 2.24) is 20.8 Å². The Morgan fingerprint density at radius 1 is 1.21 bits per heavy atom. The first-order valence-corrected chi connectivity index (χ1v) is 9.61. The van der Waals surface area contributed by atoms with Crippen LogP contribution < -0.4 is 20.1 Å². The van der Waals surface area contributed by atoms with Gasteiger partial charge in [0.1, 0.15) is 6.61 Å². The second-order valence-corrected chi connectivity index (χ2v) is 8.52. The second-order valence-electron chi connectivity index (χ2n) is 7.22. The first-order chi connectivity index (χ1) is 13.2. The summed E-state index contributed by atoms with van der Waals surface area (Å²) in [6.45, 7) is 7.36. The molecule has 3 rings (SSSR count). The van der Waals surface area contributed by atoms with Gasteiger partial charge in [0.05, 0.1) is 5.25 Å². The van der Waals surface area contributed by atoms with Gasteiger partial charge in [0.15, 0.2) is 11.5 Å². The van der Waals surface area contributed by atoms with Crippen molar-refractivity contribution in [3.63, 3.8) is 0 Å². The number of nitrogens with zero attached hydrogens (tertiary/aromatic N) is 2. The van der Waals surface area contributed by atoms with Crippen LogP contribution in [0.1, 0.15) is 39.7 Å². The van der Waals surface area contributed by atoms with Gasteiger partial charge in [0.25, 0.3) is 11.1 Å². The molecule has 0 saturated carbocycles. The fourth-order valence-corrected chi connectivity index (χ4v) is 3.02. The van der Waals surface area contributed by atoms with Crippen LogP contribution >= 0.6 is 11.8 Å². The van der Waals surface area contributed by atoms with Gasteiger partial charge in [-0.25, -0.2) is 4.79 Å². The number of imide groups is 1. The molecule has 1 aromatic carbocycles. The second kappa shape index (κ2) is 8.09. The molecule has 2 heterocycles. The van der Waals surface area contributed by atoms with Gasteiger partial charge in [-0.05, 0) is 39.8 Å². The lowest BCUT2D eigenvalue weighted by atomic mass is 10.1. The van der Waals surface area contributed by atoms with E-state index in [1.165, 1.54) is 0 Å². The van der Waals surface area contributed by atoms with Crippen LogP contribution in [-0.4, -0.2) is 39.5 Å². The van der Waals surface area contributed by atoms with Gasteiger partial charge in [0, 0.05) is 5.54 Å². The number of thioether (sulfide) groups is 1. The normalized spacial score (nSPS) is 16.9. The smallest absolute Gasteiger partial charge is 0.321 e. The number of hydrogen-bond donors (Lipinski definition) is 2. The van der Waals surface area contributed by atoms with Crippen molar-refractivity contribution in [2.75, 3.05) is 6.61 Å². The monoisotopic (exact) mass is 406 g/mol. The highest BCUT2D eigenvalue weighted by Gasteiger charge is 2.28. The van der Waals surface area contributed by atoms with Gasteiger partial charge in [-0.1, -0.05) is 23.9 Å². The molecule has 0 spiro atoms. The molecule has 2 aromatic rings. The third-order valence-corrected chi connectivity index (χ3v) is 4.51. The van der Waals surface area contributed by atoms with Crippen molar-refractivity contribution >= 4 is 23.7 Å². The molecule has 2 N–H and O–H groups in total. The van der Waals surface area contributed by atoms with Crippen LogP contribution in [0.4, 0.5) is 4.79 Å². The van der Waals surface area contributed by atoms with Crippen LogP contribution in [0.2, 0.25) is 0 Å². The van der Waals surface area contributed by atoms with Crippen molar-refractivity contribution in [2.24, 2.45) is 0 Å². The number of aromatic nitrogens is 2. The lowest BCUT2D eigenvalue weighted by molar-refractivity contribution is -0.119. The van der Waals surface area contributed by atoms with Crippen LogP contribution in [0.15, 0.2) is 33.9 Å². The summed E-state index contributed by atoms with van der Waals surface area (Å²) < 4.78 is 17.1. The Hall–Kier alpha value is -2.75. The number of hydrogen-bond acceptors (Lipinski definition) is 8. The molecule has 0 unspecified atom stereocenters. The van der Waals surface area contributed by atoms with E-state index in [4.69, 9.17) is 13.9 Å². The summed E-state index contributed by atoms with van der Waals surface area (Å²) in [5.41, 5.74) is -0.442. The Labute approximate surface area is 166 Å². The van der Waals surface area contributed by atoms with E-state index in [0.29, 0.717) is 11.5 Å². The van der Waals surface area contributed by atoms with E-state index in [0.717, 1.165) is 11.8 Å². The molecule has 1 aliphatic rings. The number of para-hydroxylation sites is 2. The minimum Gasteiger partial charge on any atom is -0.485 e. The molecule has 1 aromatic heterocycles. The molecule has 0 radical (unpaired) electrons. The molecule has 0 bridgehead atoms. The highest BCUT2D eigenvalue weighted by atomic mass is 32.2. The number of carbonyl (C=O) groups is 2. The van der Waals surface area contributed by atoms with E-state index >= 15 is 0 Å². The zero-order valence-electron chi connectivity index (χ0n) is 16.0.